The molecule has 0 N–H and O–H groups in total. The summed E-state index contributed by atoms with van der Waals surface area (Å²) in [5.41, 5.74) is 3.92. The van der Waals surface area contributed by atoms with Crippen molar-refractivity contribution in [3.8, 4) is 22.6 Å². The first-order valence-corrected chi connectivity index (χ1v) is 12.3. The minimum Gasteiger partial charge on any atom is -0.497 e. The summed E-state index contributed by atoms with van der Waals surface area (Å²) in [6, 6.07) is 15.8. The van der Waals surface area contributed by atoms with E-state index in [0.717, 1.165) is 42.4 Å². The van der Waals surface area contributed by atoms with Crippen LogP contribution in [0.4, 0.5) is 8.78 Å². The molecular formula is C30H30F2O3. The maximum atomic E-state index is 15.7. The van der Waals surface area contributed by atoms with Gasteiger partial charge in [-0.1, -0.05) is 37.3 Å². The van der Waals surface area contributed by atoms with Crippen LogP contribution in [0, 0.1) is 23.5 Å². The number of carbonyl (C=O) groups excluding carboxylic acids is 1. The van der Waals surface area contributed by atoms with E-state index in [1.807, 2.05) is 31.2 Å². The van der Waals surface area contributed by atoms with Crippen LogP contribution in [-0.2, 0) is 11.2 Å². The molecule has 3 nitrogen and oxygen atoms in total. The molecule has 0 aromatic heterocycles. The van der Waals surface area contributed by atoms with Gasteiger partial charge in [-0.15, -0.1) is 0 Å². The van der Waals surface area contributed by atoms with Crippen molar-refractivity contribution < 1.29 is 23.0 Å². The maximum Gasteiger partial charge on any atom is 0.168 e. The highest BCUT2D eigenvalue weighted by Gasteiger charge is 2.39. The summed E-state index contributed by atoms with van der Waals surface area (Å²) in [6.45, 7) is 3.48. The molecule has 1 fully saturated rings. The highest BCUT2D eigenvalue weighted by atomic mass is 19.1. The average Bonchev–Trinajstić information content (AvgIpc) is 3.61. The Morgan fingerprint density at radius 1 is 1.03 bits per heavy atom. The van der Waals surface area contributed by atoms with Gasteiger partial charge in [0.15, 0.2) is 11.6 Å². The van der Waals surface area contributed by atoms with Crippen LogP contribution in [0.2, 0.25) is 0 Å². The molecule has 3 aromatic carbocycles. The fourth-order valence-corrected chi connectivity index (χ4v) is 5.39. The number of fused-ring (bicyclic) bond motifs is 1. The first kappa shape index (κ1) is 23.5. The third-order valence-corrected chi connectivity index (χ3v) is 7.58. The zero-order valence-electron chi connectivity index (χ0n) is 20.3. The van der Waals surface area contributed by atoms with Gasteiger partial charge in [-0.05, 0) is 91.0 Å². The summed E-state index contributed by atoms with van der Waals surface area (Å²) in [5, 5.41) is 0. The van der Waals surface area contributed by atoms with Gasteiger partial charge >= 0.3 is 0 Å². The third kappa shape index (κ3) is 4.56. The van der Waals surface area contributed by atoms with E-state index in [-0.39, 0.29) is 41.1 Å². The second-order valence-corrected chi connectivity index (χ2v) is 9.83. The quantitative estimate of drug-likeness (QED) is 0.339. The van der Waals surface area contributed by atoms with E-state index in [9.17, 15) is 9.18 Å². The number of rotatable bonds is 8. The Morgan fingerprint density at radius 2 is 1.83 bits per heavy atom. The lowest BCUT2D eigenvalue weighted by Crippen LogP contribution is -2.20. The van der Waals surface area contributed by atoms with Crippen LogP contribution >= 0.6 is 0 Å². The largest absolute Gasteiger partial charge is 0.497 e. The second-order valence-electron chi connectivity index (χ2n) is 9.83. The summed E-state index contributed by atoms with van der Waals surface area (Å²) in [7, 11) is 1.56. The summed E-state index contributed by atoms with van der Waals surface area (Å²) >= 11 is 0. The number of hydrogen-bond donors (Lipinski definition) is 0. The van der Waals surface area contributed by atoms with Crippen molar-refractivity contribution in [2.24, 2.45) is 11.8 Å². The van der Waals surface area contributed by atoms with Crippen molar-refractivity contribution in [3.05, 3.63) is 82.9 Å². The van der Waals surface area contributed by atoms with E-state index in [0.29, 0.717) is 22.8 Å². The van der Waals surface area contributed by atoms with E-state index >= 15 is 4.39 Å². The Labute approximate surface area is 205 Å². The Kier molecular flexibility index (Phi) is 6.35. The third-order valence-electron chi connectivity index (χ3n) is 7.58. The lowest BCUT2D eigenvalue weighted by Gasteiger charge is -2.24. The van der Waals surface area contributed by atoms with Crippen LogP contribution in [0.5, 0.6) is 11.5 Å². The predicted molar refractivity (Wildman–Crippen MR) is 132 cm³/mol. The fraction of sp³-hybridized carbons (Fsp3) is 0.367. The minimum absolute atomic E-state index is 0.0839. The highest BCUT2D eigenvalue weighted by Crippen LogP contribution is 2.49. The summed E-state index contributed by atoms with van der Waals surface area (Å²) in [5.74, 6) is 0.247. The van der Waals surface area contributed by atoms with Crippen molar-refractivity contribution in [2.75, 3.05) is 7.11 Å². The zero-order chi connectivity index (χ0) is 24.7. The molecule has 35 heavy (non-hydrogen) atoms. The predicted octanol–water partition coefficient (Wildman–Crippen LogP) is 7.43. The van der Waals surface area contributed by atoms with E-state index in [1.165, 1.54) is 6.07 Å². The van der Waals surface area contributed by atoms with E-state index in [1.54, 1.807) is 38.3 Å². The van der Waals surface area contributed by atoms with Crippen LogP contribution < -0.4 is 9.47 Å². The molecule has 182 valence electrons. The van der Waals surface area contributed by atoms with E-state index < -0.39 is 0 Å². The molecule has 3 aromatic rings. The van der Waals surface area contributed by atoms with Crippen LogP contribution in [0.3, 0.4) is 0 Å². The molecule has 0 radical (unpaired) electrons. The minimum atomic E-state index is -0.360. The van der Waals surface area contributed by atoms with Gasteiger partial charge in [0.25, 0.3) is 0 Å². The number of ether oxygens (including phenoxy) is 2. The average molecular weight is 477 g/mol. The van der Waals surface area contributed by atoms with Crippen LogP contribution in [-0.4, -0.2) is 12.9 Å². The van der Waals surface area contributed by atoms with Crippen LogP contribution in [0.1, 0.15) is 61.8 Å². The SMILES string of the molecule is COc1ccc(F)c(-c2ccc3c(c2)CC[C@H]3Oc2cccc([C@H](C3CC3)[C@H](C)C(C)=O)c2F)c1. The number of hydrogen-bond acceptors (Lipinski definition) is 3. The Hall–Kier alpha value is -3.21. The number of Topliss-reactive ketones (excluding diaryl/α,β-unsaturated/α-hetero) is 1. The number of halogens is 2. The van der Waals surface area contributed by atoms with Crippen LogP contribution in [0.25, 0.3) is 11.1 Å². The van der Waals surface area contributed by atoms with Gasteiger partial charge in [0.1, 0.15) is 23.5 Å². The Balaban J connectivity index is 1.41. The number of methoxy groups -OCH3 is 1. The number of carbonyl (C=O) groups is 1. The monoisotopic (exact) mass is 476 g/mol. The highest BCUT2D eigenvalue weighted by molar-refractivity contribution is 5.79. The number of aryl methyl sites for hydroxylation is 1. The van der Waals surface area contributed by atoms with Crippen molar-refractivity contribution in [3.63, 3.8) is 0 Å². The molecule has 0 aliphatic heterocycles. The molecule has 5 rings (SSSR count). The lowest BCUT2D eigenvalue weighted by molar-refractivity contribution is -0.121. The van der Waals surface area contributed by atoms with E-state index in [4.69, 9.17) is 9.47 Å². The van der Waals surface area contributed by atoms with Crippen molar-refractivity contribution >= 4 is 5.78 Å². The number of benzene rings is 3. The Bertz CT molecular complexity index is 1260. The first-order valence-electron chi connectivity index (χ1n) is 12.3. The summed E-state index contributed by atoms with van der Waals surface area (Å²) < 4.78 is 41.6. The molecule has 0 saturated heterocycles. The van der Waals surface area contributed by atoms with Crippen molar-refractivity contribution in [1.82, 2.24) is 0 Å². The first-order chi connectivity index (χ1) is 16.9. The second kappa shape index (κ2) is 9.44. The van der Waals surface area contributed by atoms with Gasteiger partial charge in [0.05, 0.1) is 7.11 Å². The molecule has 0 spiro atoms. The van der Waals surface area contributed by atoms with Gasteiger partial charge in [-0.25, -0.2) is 8.78 Å². The van der Waals surface area contributed by atoms with Gasteiger partial charge in [0, 0.05) is 11.5 Å². The molecule has 0 bridgehead atoms. The standard InChI is InChI=1S/C30H30F2O3/c1-17(18(2)33)29(19-7-8-19)24-5-4-6-28(30(24)32)35-27-14-10-20-15-21(9-12-23(20)27)25-16-22(34-3)11-13-26(25)31/h4-6,9,11-13,15-17,19,27,29H,7-8,10,14H2,1-3H3/t17-,27-,29+/m1/s1. The Morgan fingerprint density at radius 3 is 2.54 bits per heavy atom. The molecule has 0 unspecified atom stereocenters. The molecule has 3 atom stereocenters. The fourth-order valence-electron chi connectivity index (χ4n) is 5.39. The normalized spacial score (nSPS) is 18.6. The molecule has 1 saturated carbocycles. The van der Waals surface area contributed by atoms with Crippen molar-refractivity contribution in [1.29, 1.82) is 0 Å². The van der Waals surface area contributed by atoms with Crippen LogP contribution in [0.15, 0.2) is 54.6 Å². The molecule has 0 heterocycles. The van der Waals surface area contributed by atoms with Crippen molar-refractivity contribution in [2.45, 2.75) is 51.6 Å². The number of ketones is 1. The smallest absolute Gasteiger partial charge is 0.168 e. The topological polar surface area (TPSA) is 35.5 Å². The molecule has 2 aliphatic rings. The van der Waals surface area contributed by atoms with Gasteiger partial charge < -0.3 is 9.47 Å². The van der Waals surface area contributed by atoms with Gasteiger partial charge in [0.2, 0.25) is 0 Å². The van der Waals surface area contributed by atoms with Gasteiger partial charge in [-0.3, -0.25) is 4.79 Å². The van der Waals surface area contributed by atoms with E-state index in [2.05, 4.69) is 0 Å². The summed E-state index contributed by atoms with van der Waals surface area (Å²) in [6.07, 6.45) is 3.27. The molecule has 2 aliphatic carbocycles. The molecular weight excluding hydrogens is 446 g/mol. The maximum absolute atomic E-state index is 15.7. The lowest BCUT2D eigenvalue weighted by atomic mass is 9.81. The molecule has 5 heteroatoms. The zero-order valence-corrected chi connectivity index (χ0v) is 20.3. The molecule has 0 amide bonds. The van der Waals surface area contributed by atoms with Gasteiger partial charge in [-0.2, -0.15) is 0 Å². The summed E-state index contributed by atoms with van der Waals surface area (Å²) in [4.78, 5) is 12.1.